The van der Waals surface area contributed by atoms with Crippen molar-refractivity contribution in [2.45, 2.75) is 23.1 Å². The molecule has 216 valence electrons. The zero-order chi connectivity index (χ0) is 30.0. The molecule has 1 fully saturated rings. The maximum absolute atomic E-state index is 13.5. The molecular formula is C29H23BrClN3O6S2. The fourth-order valence-corrected chi connectivity index (χ4v) is 7.01. The molecule has 1 aliphatic rings. The molecule has 0 radical (unpaired) electrons. The molecule has 0 spiro atoms. The van der Waals surface area contributed by atoms with E-state index >= 15 is 0 Å². The van der Waals surface area contributed by atoms with Crippen LogP contribution in [0.5, 0.6) is 17.2 Å². The van der Waals surface area contributed by atoms with Crippen LogP contribution < -0.4 is 14.4 Å². The van der Waals surface area contributed by atoms with Gasteiger partial charge < -0.3 is 19.7 Å². The van der Waals surface area contributed by atoms with Crippen LogP contribution in [-0.2, 0) is 15.3 Å². The van der Waals surface area contributed by atoms with Crippen molar-refractivity contribution in [3.63, 3.8) is 0 Å². The molecule has 4 aromatic rings. The Hall–Kier alpha value is -3.58. The topological polar surface area (TPSA) is 122 Å². The van der Waals surface area contributed by atoms with Crippen LogP contribution in [0.3, 0.4) is 0 Å². The van der Waals surface area contributed by atoms with Crippen LogP contribution in [-0.4, -0.2) is 45.8 Å². The second-order valence-electron chi connectivity index (χ2n) is 8.91. The van der Waals surface area contributed by atoms with Crippen molar-refractivity contribution in [1.29, 1.82) is 0 Å². The first-order valence-corrected chi connectivity index (χ1v) is 15.5. The van der Waals surface area contributed by atoms with Gasteiger partial charge >= 0.3 is 5.91 Å². The number of aromatic nitrogens is 2. The first kappa shape index (κ1) is 29.9. The van der Waals surface area contributed by atoms with Crippen LogP contribution in [0.4, 0.5) is 5.13 Å². The fourth-order valence-electron chi connectivity index (χ4n) is 4.40. The highest BCUT2D eigenvalue weighted by molar-refractivity contribution is 9.10. The second kappa shape index (κ2) is 12.7. The summed E-state index contributed by atoms with van der Waals surface area (Å²) in [5, 5.41) is 31.1. The number of halogens is 2. The van der Waals surface area contributed by atoms with Crippen molar-refractivity contribution in [1.82, 2.24) is 10.2 Å². The summed E-state index contributed by atoms with van der Waals surface area (Å²) >= 11 is 12.1. The number of aromatic hydroxyl groups is 1. The summed E-state index contributed by atoms with van der Waals surface area (Å²) in [5.74, 6) is -1.07. The molecule has 1 amide bonds. The molecule has 2 N–H and O–H groups in total. The molecule has 13 heteroatoms. The first-order valence-electron chi connectivity index (χ1n) is 12.5. The van der Waals surface area contributed by atoms with Gasteiger partial charge in [0.2, 0.25) is 5.13 Å². The van der Waals surface area contributed by atoms with Crippen LogP contribution in [0.1, 0.15) is 29.7 Å². The molecule has 9 nitrogen and oxygen atoms in total. The van der Waals surface area contributed by atoms with Crippen LogP contribution >= 0.6 is 50.6 Å². The molecule has 1 aromatic heterocycles. The molecule has 1 saturated heterocycles. The largest absolute Gasteiger partial charge is 0.507 e. The number of Topliss-reactive ketones (excluding diaryl/α,β-unsaturated/α-hetero) is 1. The second-order valence-corrected chi connectivity index (χ2v) is 12.4. The third kappa shape index (κ3) is 5.84. The standard InChI is InChI=1S/C29H23BrClN3O6S2/c1-3-40-18-10-8-15(9-11-18)24(35)22-23(17-12-19(30)25(36)21(13-17)39-2)34(27(38)26(22)37)28-32-33-29(42-28)41-14-16-6-4-5-7-20(16)31/h4-13,23,35-36H,3,14H2,1-2H3/b24-22-. The first-order chi connectivity index (χ1) is 20.2. The van der Waals surface area contributed by atoms with E-state index in [1.54, 1.807) is 36.4 Å². The van der Waals surface area contributed by atoms with E-state index < -0.39 is 17.7 Å². The highest BCUT2D eigenvalue weighted by Crippen LogP contribution is 2.47. The average molecular weight is 689 g/mol. The summed E-state index contributed by atoms with van der Waals surface area (Å²) in [7, 11) is 1.38. The third-order valence-corrected chi connectivity index (χ3v) is 9.46. The molecule has 1 unspecified atom stereocenters. The highest BCUT2D eigenvalue weighted by atomic mass is 79.9. The number of ketones is 1. The van der Waals surface area contributed by atoms with E-state index in [1.807, 2.05) is 25.1 Å². The number of amides is 1. The number of thioether (sulfide) groups is 1. The van der Waals surface area contributed by atoms with E-state index in [2.05, 4.69) is 26.1 Å². The van der Waals surface area contributed by atoms with Gasteiger partial charge in [0.25, 0.3) is 5.78 Å². The molecule has 42 heavy (non-hydrogen) atoms. The van der Waals surface area contributed by atoms with Gasteiger partial charge in [0.15, 0.2) is 15.8 Å². The minimum absolute atomic E-state index is 0.110. The van der Waals surface area contributed by atoms with Crippen molar-refractivity contribution in [3.8, 4) is 17.2 Å². The number of carbonyl (C=O) groups is 2. The summed E-state index contributed by atoms with van der Waals surface area (Å²) in [4.78, 5) is 28.3. The van der Waals surface area contributed by atoms with Gasteiger partial charge in [0.05, 0.1) is 29.8 Å². The van der Waals surface area contributed by atoms with Gasteiger partial charge in [-0.1, -0.05) is 52.9 Å². The zero-order valence-electron chi connectivity index (χ0n) is 22.2. The van der Waals surface area contributed by atoms with Gasteiger partial charge in [-0.2, -0.15) is 0 Å². The monoisotopic (exact) mass is 687 g/mol. The lowest BCUT2D eigenvalue weighted by Gasteiger charge is -2.23. The van der Waals surface area contributed by atoms with Crippen LogP contribution in [0.15, 0.2) is 75.0 Å². The average Bonchev–Trinajstić information content (AvgIpc) is 3.56. The molecule has 2 heterocycles. The normalized spacial score (nSPS) is 16.2. The summed E-state index contributed by atoms with van der Waals surface area (Å²) in [6.07, 6.45) is 0. The number of benzene rings is 3. The number of aliphatic hydroxyl groups excluding tert-OH is 1. The van der Waals surface area contributed by atoms with E-state index in [-0.39, 0.29) is 32.4 Å². The Kier molecular flexibility index (Phi) is 9.07. The van der Waals surface area contributed by atoms with Crippen molar-refractivity contribution < 1.29 is 29.3 Å². The molecular weight excluding hydrogens is 666 g/mol. The fraction of sp³-hybridized carbons (Fsp3) is 0.172. The molecule has 5 rings (SSSR count). The molecule has 1 aliphatic heterocycles. The minimum Gasteiger partial charge on any atom is -0.507 e. The van der Waals surface area contributed by atoms with E-state index in [9.17, 15) is 19.8 Å². The van der Waals surface area contributed by atoms with Crippen molar-refractivity contribution in [3.05, 3.63) is 92.4 Å². The van der Waals surface area contributed by atoms with Crippen LogP contribution in [0.2, 0.25) is 5.02 Å². The lowest BCUT2D eigenvalue weighted by molar-refractivity contribution is -0.132. The van der Waals surface area contributed by atoms with Crippen molar-refractivity contribution in [2.75, 3.05) is 18.6 Å². The Morgan fingerprint density at radius 1 is 1.14 bits per heavy atom. The zero-order valence-corrected chi connectivity index (χ0v) is 26.2. The molecule has 0 bridgehead atoms. The van der Waals surface area contributed by atoms with Gasteiger partial charge in [-0.3, -0.25) is 14.5 Å². The highest BCUT2D eigenvalue weighted by Gasteiger charge is 2.48. The number of ether oxygens (including phenoxy) is 2. The Bertz CT molecular complexity index is 1700. The van der Waals surface area contributed by atoms with E-state index in [0.29, 0.717) is 38.6 Å². The summed E-state index contributed by atoms with van der Waals surface area (Å²) < 4.78 is 11.6. The number of methoxy groups -OCH3 is 1. The Labute approximate surface area is 262 Å². The predicted octanol–water partition coefficient (Wildman–Crippen LogP) is 6.99. The number of hydrogen-bond acceptors (Lipinski definition) is 10. The molecule has 1 atom stereocenters. The summed E-state index contributed by atoms with van der Waals surface area (Å²) in [6, 6.07) is 15.9. The number of nitrogens with zero attached hydrogens (tertiary/aromatic N) is 3. The van der Waals surface area contributed by atoms with Crippen LogP contribution in [0.25, 0.3) is 5.76 Å². The van der Waals surface area contributed by atoms with E-state index in [1.165, 1.54) is 29.8 Å². The maximum Gasteiger partial charge on any atom is 0.301 e. The maximum atomic E-state index is 13.5. The quantitative estimate of drug-likeness (QED) is 0.0630. The number of aliphatic hydroxyl groups is 1. The van der Waals surface area contributed by atoms with Gasteiger partial charge in [0.1, 0.15) is 11.5 Å². The number of anilines is 1. The van der Waals surface area contributed by atoms with Gasteiger partial charge in [-0.25, -0.2) is 0 Å². The van der Waals surface area contributed by atoms with Crippen molar-refractivity contribution in [2.24, 2.45) is 0 Å². The molecule has 0 aliphatic carbocycles. The van der Waals surface area contributed by atoms with E-state index in [0.717, 1.165) is 16.9 Å². The smallest absolute Gasteiger partial charge is 0.301 e. The van der Waals surface area contributed by atoms with Crippen LogP contribution in [0, 0.1) is 0 Å². The predicted molar refractivity (Wildman–Crippen MR) is 166 cm³/mol. The summed E-state index contributed by atoms with van der Waals surface area (Å²) in [6.45, 7) is 2.32. The Morgan fingerprint density at radius 2 is 1.88 bits per heavy atom. The minimum atomic E-state index is -1.10. The Morgan fingerprint density at radius 3 is 2.57 bits per heavy atom. The number of hydrogen-bond donors (Lipinski definition) is 2. The number of rotatable bonds is 9. The number of carbonyl (C=O) groups excluding carboxylic acids is 2. The van der Waals surface area contributed by atoms with Gasteiger partial charge in [0, 0.05) is 16.3 Å². The van der Waals surface area contributed by atoms with Gasteiger partial charge in [-0.05, 0) is 76.4 Å². The number of phenols is 1. The summed E-state index contributed by atoms with van der Waals surface area (Å²) in [5.41, 5.74) is 1.48. The molecule has 0 saturated carbocycles. The SMILES string of the molecule is CCOc1ccc(/C(O)=C2/C(=O)C(=O)N(c3nnc(SCc4ccccc4Cl)s3)C2c2cc(Br)c(O)c(OC)c2)cc1. The lowest BCUT2D eigenvalue weighted by Crippen LogP contribution is -2.29. The number of phenolic OH excluding ortho intramolecular Hbond substituents is 1. The van der Waals surface area contributed by atoms with Crippen molar-refractivity contribution >= 4 is 73.2 Å². The Balaban J connectivity index is 1.59. The van der Waals surface area contributed by atoms with Gasteiger partial charge in [-0.15, -0.1) is 10.2 Å². The molecule has 3 aromatic carbocycles. The van der Waals surface area contributed by atoms with E-state index in [4.69, 9.17) is 21.1 Å². The lowest BCUT2D eigenvalue weighted by atomic mass is 9.95. The third-order valence-electron chi connectivity index (χ3n) is 6.38.